The molecule has 0 aromatic rings. The van der Waals surface area contributed by atoms with Gasteiger partial charge in [-0.3, -0.25) is 0 Å². The van der Waals surface area contributed by atoms with E-state index in [1.807, 2.05) is 0 Å². The number of hydrogen-bond donors (Lipinski definition) is 1. The van der Waals surface area contributed by atoms with Crippen LogP contribution in [0.4, 0.5) is 0 Å². The Hall–Kier alpha value is -0.120. The molecule has 0 aliphatic carbocycles. The van der Waals surface area contributed by atoms with Crippen LogP contribution in [0.2, 0.25) is 0 Å². The Morgan fingerprint density at radius 2 is 1.54 bits per heavy atom. The quantitative estimate of drug-likeness (QED) is 0.491. The molecule has 0 amide bonds. The predicted octanol–water partition coefficient (Wildman–Crippen LogP) is 1.79. The summed E-state index contributed by atoms with van der Waals surface area (Å²) in [5, 5.41) is 8.79. The van der Waals surface area contributed by atoms with E-state index in [1.165, 1.54) is 0 Å². The van der Waals surface area contributed by atoms with Crippen LogP contribution in [0.3, 0.4) is 0 Å². The second kappa shape index (κ2) is 7.30. The monoisotopic (exact) mass is 190 g/mol. The Balaban J connectivity index is 3.22. The molecule has 0 saturated heterocycles. The van der Waals surface area contributed by atoms with Gasteiger partial charge in [0.05, 0.1) is 19.3 Å². The summed E-state index contributed by atoms with van der Waals surface area (Å²) in [4.78, 5) is 0. The minimum Gasteiger partial charge on any atom is -0.376 e. The molecule has 0 aromatic heterocycles. The Bertz CT molecular complexity index is 113. The summed E-state index contributed by atoms with van der Waals surface area (Å²) < 4.78 is 10.4. The van der Waals surface area contributed by atoms with Crippen molar-refractivity contribution in [2.75, 3.05) is 13.2 Å². The largest absolute Gasteiger partial charge is 0.376 e. The lowest BCUT2D eigenvalue weighted by Gasteiger charge is -2.15. The SMILES string of the molecule is CC(C)CC(C)OCCOC(C)O. The van der Waals surface area contributed by atoms with Crippen LogP contribution in [0.5, 0.6) is 0 Å². The van der Waals surface area contributed by atoms with Crippen molar-refractivity contribution in [1.29, 1.82) is 0 Å². The zero-order valence-corrected chi connectivity index (χ0v) is 9.12. The van der Waals surface area contributed by atoms with Gasteiger partial charge in [-0.05, 0) is 26.2 Å². The zero-order valence-electron chi connectivity index (χ0n) is 9.12. The van der Waals surface area contributed by atoms with Crippen molar-refractivity contribution in [2.45, 2.75) is 46.5 Å². The molecule has 3 nitrogen and oxygen atoms in total. The molecule has 3 heteroatoms. The maximum Gasteiger partial charge on any atom is 0.151 e. The van der Waals surface area contributed by atoms with E-state index >= 15 is 0 Å². The van der Waals surface area contributed by atoms with Crippen LogP contribution in [-0.4, -0.2) is 30.7 Å². The van der Waals surface area contributed by atoms with Crippen LogP contribution < -0.4 is 0 Å². The molecule has 0 aromatic carbocycles. The van der Waals surface area contributed by atoms with Crippen LogP contribution >= 0.6 is 0 Å². The standard InChI is InChI=1S/C10H22O3/c1-8(2)7-9(3)12-5-6-13-10(4)11/h8-11H,5-7H2,1-4H3. The van der Waals surface area contributed by atoms with E-state index < -0.39 is 6.29 Å². The molecule has 80 valence electrons. The molecule has 0 bridgehead atoms. The van der Waals surface area contributed by atoms with Gasteiger partial charge in [0.25, 0.3) is 0 Å². The topological polar surface area (TPSA) is 38.7 Å². The average molecular weight is 190 g/mol. The number of aliphatic hydroxyl groups excluding tert-OH is 1. The van der Waals surface area contributed by atoms with Gasteiger partial charge in [-0.25, -0.2) is 0 Å². The van der Waals surface area contributed by atoms with E-state index in [0.717, 1.165) is 6.42 Å². The van der Waals surface area contributed by atoms with Crippen molar-refractivity contribution in [3.63, 3.8) is 0 Å². The van der Waals surface area contributed by atoms with Crippen molar-refractivity contribution in [2.24, 2.45) is 5.92 Å². The van der Waals surface area contributed by atoms with Crippen molar-refractivity contribution in [1.82, 2.24) is 0 Å². The van der Waals surface area contributed by atoms with Gasteiger partial charge in [0.2, 0.25) is 0 Å². The fraction of sp³-hybridized carbons (Fsp3) is 1.00. The Morgan fingerprint density at radius 3 is 2.00 bits per heavy atom. The minimum atomic E-state index is -0.691. The van der Waals surface area contributed by atoms with Crippen LogP contribution in [-0.2, 0) is 9.47 Å². The van der Waals surface area contributed by atoms with Crippen molar-refractivity contribution in [3.8, 4) is 0 Å². The van der Waals surface area contributed by atoms with Crippen LogP contribution in [0.15, 0.2) is 0 Å². The number of ether oxygens (including phenoxy) is 2. The summed E-state index contributed by atoms with van der Waals surface area (Å²) in [7, 11) is 0. The van der Waals surface area contributed by atoms with E-state index in [9.17, 15) is 0 Å². The maximum absolute atomic E-state index is 8.79. The first kappa shape index (κ1) is 12.9. The number of aliphatic hydroxyl groups is 1. The Kier molecular flexibility index (Phi) is 7.23. The first-order valence-electron chi connectivity index (χ1n) is 4.93. The van der Waals surface area contributed by atoms with Crippen LogP contribution in [0, 0.1) is 5.92 Å². The fourth-order valence-corrected chi connectivity index (χ4v) is 1.20. The van der Waals surface area contributed by atoms with E-state index in [1.54, 1.807) is 6.92 Å². The highest BCUT2D eigenvalue weighted by molar-refractivity contribution is 4.53. The van der Waals surface area contributed by atoms with Crippen LogP contribution in [0.1, 0.15) is 34.1 Å². The third-order valence-corrected chi connectivity index (χ3v) is 1.65. The third kappa shape index (κ3) is 9.80. The van der Waals surface area contributed by atoms with Crippen molar-refractivity contribution >= 4 is 0 Å². The van der Waals surface area contributed by atoms with Crippen molar-refractivity contribution < 1.29 is 14.6 Å². The van der Waals surface area contributed by atoms with E-state index in [2.05, 4.69) is 20.8 Å². The number of hydrogen-bond acceptors (Lipinski definition) is 3. The summed E-state index contributed by atoms with van der Waals surface area (Å²) in [5.74, 6) is 0.660. The highest BCUT2D eigenvalue weighted by Gasteiger charge is 2.04. The molecule has 0 heterocycles. The highest BCUT2D eigenvalue weighted by atomic mass is 16.6. The van der Waals surface area contributed by atoms with Gasteiger partial charge in [0, 0.05) is 0 Å². The molecule has 0 aliphatic rings. The highest BCUT2D eigenvalue weighted by Crippen LogP contribution is 2.06. The lowest BCUT2D eigenvalue weighted by atomic mass is 10.1. The van der Waals surface area contributed by atoms with Gasteiger partial charge in [0.15, 0.2) is 6.29 Å². The molecule has 0 saturated carbocycles. The van der Waals surface area contributed by atoms with Gasteiger partial charge < -0.3 is 14.6 Å². The van der Waals surface area contributed by atoms with Crippen molar-refractivity contribution in [3.05, 3.63) is 0 Å². The van der Waals surface area contributed by atoms with Gasteiger partial charge in [0.1, 0.15) is 0 Å². The summed E-state index contributed by atoms with van der Waals surface area (Å²) >= 11 is 0. The molecule has 0 rings (SSSR count). The molecular formula is C10H22O3. The summed E-state index contributed by atoms with van der Waals surface area (Å²) in [5.41, 5.74) is 0. The second-order valence-corrected chi connectivity index (χ2v) is 3.78. The first-order valence-corrected chi connectivity index (χ1v) is 4.93. The fourth-order valence-electron chi connectivity index (χ4n) is 1.20. The lowest BCUT2D eigenvalue weighted by Crippen LogP contribution is -2.17. The molecule has 13 heavy (non-hydrogen) atoms. The molecule has 0 spiro atoms. The summed E-state index contributed by atoms with van der Waals surface area (Å²) in [6.07, 6.45) is 0.649. The van der Waals surface area contributed by atoms with Gasteiger partial charge >= 0.3 is 0 Å². The predicted molar refractivity (Wildman–Crippen MR) is 52.5 cm³/mol. The second-order valence-electron chi connectivity index (χ2n) is 3.78. The number of rotatable bonds is 7. The Morgan fingerprint density at radius 1 is 1.00 bits per heavy atom. The van der Waals surface area contributed by atoms with Gasteiger partial charge in [-0.15, -0.1) is 0 Å². The third-order valence-electron chi connectivity index (χ3n) is 1.65. The molecule has 1 N–H and O–H groups in total. The average Bonchev–Trinajstić information content (AvgIpc) is 1.96. The van der Waals surface area contributed by atoms with Gasteiger partial charge in [-0.1, -0.05) is 13.8 Å². The van der Waals surface area contributed by atoms with E-state index in [4.69, 9.17) is 14.6 Å². The first-order chi connectivity index (χ1) is 6.02. The maximum atomic E-state index is 8.79. The molecule has 0 aliphatic heterocycles. The van der Waals surface area contributed by atoms with Crippen LogP contribution in [0.25, 0.3) is 0 Å². The zero-order chi connectivity index (χ0) is 10.3. The molecule has 0 fully saturated rings. The smallest absolute Gasteiger partial charge is 0.151 e. The summed E-state index contributed by atoms with van der Waals surface area (Å²) in [6, 6.07) is 0. The Labute approximate surface area is 81.0 Å². The summed E-state index contributed by atoms with van der Waals surface area (Å²) in [6.45, 7) is 9.01. The molecular weight excluding hydrogens is 168 g/mol. The lowest BCUT2D eigenvalue weighted by molar-refractivity contribution is -0.106. The van der Waals surface area contributed by atoms with E-state index in [0.29, 0.717) is 19.1 Å². The molecule has 2 unspecified atom stereocenters. The molecule has 0 radical (unpaired) electrons. The van der Waals surface area contributed by atoms with Gasteiger partial charge in [-0.2, -0.15) is 0 Å². The minimum absolute atomic E-state index is 0.276. The molecule has 2 atom stereocenters. The normalized spacial score (nSPS) is 16.2. The van der Waals surface area contributed by atoms with E-state index in [-0.39, 0.29) is 6.10 Å².